The topological polar surface area (TPSA) is 63.6 Å². The van der Waals surface area contributed by atoms with Crippen LogP contribution in [0.3, 0.4) is 0 Å². The third-order valence-electron chi connectivity index (χ3n) is 2.84. The molecule has 0 spiro atoms. The number of aliphatic carboxylic acids is 1. The number of carboxylic acids is 1. The minimum atomic E-state index is -0.847. The van der Waals surface area contributed by atoms with E-state index in [1.165, 1.54) is 0 Å². The van der Waals surface area contributed by atoms with Crippen LogP contribution in [0.25, 0.3) is 0 Å². The van der Waals surface area contributed by atoms with Crippen LogP contribution in [-0.2, 0) is 14.3 Å². The van der Waals surface area contributed by atoms with Gasteiger partial charge in [-0.25, -0.2) is 0 Å². The second-order valence-corrected chi connectivity index (χ2v) is 3.75. The number of hydrogen-bond donors (Lipinski definition) is 1. The van der Waals surface area contributed by atoms with Gasteiger partial charge in [0.2, 0.25) is 0 Å². The highest BCUT2D eigenvalue weighted by Crippen LogP contribution is 2.45. The molecule has 0 aromatic carbocycles. The molecule has 4 heteroatoms. The molecule has 0 atom stereocenters. The predicted molar refractivity (Wildman–Crippen MR) is 49.8 cm³/mol. The minimum Gasteiger partial charge on any atom is -0.481 e. The van der Waals surface area contributed by atoms with Crippen LogP contribution < -0.4 is 0 Å². The molecule has 0 bridgehead atoms. The second-order valence-electron chi connectivity index (χ2n) is 3.75. The van der Waals surface area contributed by atoms with Crippen LogP contribution in [-0.4, -0.2) is 23.7 Å². The Balaban J connectivity index is 2.48. The third kappa shape index (κ3) is 2.25. The standard InChI is InChI=1S/C10H16O4/c1-2-14-9(13)10(5-3-6-10)7-4-8(11)12/h2-7H2,1H3,(H,11,12). The van der Waals surface area contributed by atoms with E-state index in [1.807, 2.05) is 0 Å². The number of carboxylic acid groups (broad SMARTS) is 1. The number of esters is 1. The number of hydrogen-bond acceptors (Lipinski definition) is 3. The van der Waals surface area contributed by atoms with Crippen LogP contribution in [0.1, 0.15) is 39.0 Å². The fraction of sp³-hybridized carbons (Fsp3) is 0.800. The summed E-state index contributed by atoms with van der Waals surface area (Å²) in [4.78, 5) is 22.0. The Morgan fingerprint density at radius 3 is 2.43 bits per heavy atom. The van der Waals surface area contributed by atoms with E-state index < -0.39 is 11.4 Å². The summed E-state index contributed by atoms with van der Waals surface area (Å²) < 4.78 is 4.95. The van der Waals surface area contributed by atoms with Crippen molar-refractivity contribution in [3.63, 3.8) is 0 Å². The van der Waals surface area contributed by atoms with E-state index in [0.717, 1.165) is 19.3 Å². The zero-order valence-electron chi connectivity index (χ0n) is 8.41. The lowest BCUT2D eigenvalue weighted by Crippen LogP contribution is -2.39. The van der Waals surface area contributed by atoms with Gasteiger partial charge in [0.25, 0.3) is 0 Å². The van der Waals surface area contributed by atoms with Gasteiger partial charge in [0, 0.05) is 6.42 Å². The van der Waals surface area contributed by atoms with Crippen molar-refractivity contribution in [1.29, 1.82) is 0 Å². The molecule has 0 unspecified atom stereocenters. The molecular weight excluding hydrogens is 184 g/mol. The molecule has 0 aromatic heterocycles. The average Bonchev–Trinajstić information content (AvgIpc) is 2.02. The van der Waals surface area contributed by atoms with Crippen LogP contribution in [0.2, 0.25) is 0 Å². The molecule has 0 amide bonds. The van der Waals surface area contributed by atoms with E-state index in [2.05, 4.69) is 0 Å². The molecule has 80 valence electrons. The van der Waals surface area contributed by atoms with E-state index in [0.29, 0.717) is 13.0 Å². The molecule has 1 aliphatic rings. The first-order valence-electron chi connectivity index (χ1n) is 5.00. The molecular formula is C10H16O4. The van der Waals surface area contributed by atoms with Gasteiger partial charge in [-0.2, -0.15) is 0 Å². The third-order valence-corrected chi connectivity index (χ3v) is 2.84. The maximum atomic E-state index is 11.5. The maximum absolute atomic E-state index is 11.5. The second kappa shape index (κ2) is 4.44. The van der Waals surface area contributed by atoms with Gasteiger partial charge in [-0.15, -0.1) is 0 Å². The number of carbonyl (C=O) groups excluding carboxylic acids is 1. The first kappa shape index (κ1) is 11.0. The summed E-state index contributed by atoms with van der Waals surface area (Å²) in [6.45, 7) is 2.13. The summed E-state index contributed by atoms with van der Waals surface area (Å²) in [5, 5.41) is 8.56. The van der Waals surface area contributed by atoms with Gasteiger partial charge in [0.15, 0.2) is 0 Å². The molecule has 1 fully saturated rings. The highest BCUT2D eigenvalue weighted by Gasteiger charge is 2.45. The summed E-state index contributed by atoms with van der Waals surface area (Å²) in [5.74, 6) is -1.06. The first-order valence-corrected chi connectivity index (χ1v) is 5.00. The number of ether oxygens (including phenoxy) is 1. The molecule has 1 saturated carbocycles. The zero-order chi connectivity index (χ0) is 10.6. The van der Waals surface area contributed by atoms with E-state index >= 15 is 0 Å². The summed E-state index contributed by atoms with van der Waals surface area (Å²) in [7, 11) is 0. The molecule has 0 aliphatic heterocycles. The van der Waals surface area contributed by atoms with Crippen molar-refractivity contribution >= 4 is 11.9 Å². The Kier molecular flexibility index (Phi) is 3.49. The van der Waals surface area contributed by atoms with Crippen LogP contribution in [0, 0.1) is 5.41 Å². The Hall–Kier alpha value is -1.06. The zero-order valence-corrected chi connectivity index (χ0v) is 8.41. The van der Waals surface area contributed by atoms with Gasteiger partial charge in [-0.3, -0.25) is 9.59 Å². The van der Waals surface area contributed by atoms with Gasteiger partial charge in [0.1, 0.15) is 0 Å². The molecule has 4 nitrogen and oxygen atoms in total. The van der Waals surface area contributed by atoms with E-state index in [4.69, 9.17) is 9.84 Å². The monoisotopic (exact) mass is 200 g/mol. The summed E-state index contributed by atoms with van der Waals surface area (Å²) in [6, 6.07) is 0. The van der Waals surface area contributed by atoms with Gasteiger partial charge in [-0.1, -0.05) is 6.42 Å². The van der Waals surface area contributed by atoms with Crippen molar-refractivity contribution < 1.29 is 19.4 Å². The van der Waals surface area contributed by atoms with E-state index in [1.54, 1.807) is 6.92 Å². The Bertz CT molecular complexity index is 230. The normalized spacial score (nSPS) is 18.4. The average molecular weight is 200 g/mol. The van der Waals surface area contributed by atoms with Crippen molar-refractivity contribution in [2.45, 2.75) is 39.0 Å². The predicted octanol–water partition coefficient (Wildman–Crippen LogP) is 1.58. The van der Waals surface area contributed by atoms with Crippen molar-refractivity contribution in [3.05, 3.63) is 0 Å². The summed E-state index contributed by atoms with van der Waals surface area (Å²) in [6.07, 6.45) is 3.02. The smallest absolute Gasteiger partial charge is 0.312 e. The van der Waals surface area contributed by atoms with Crippen LogP contribution in [0.15, 0.2) is 0 Å². The number of rotatable bonds is 5. The van der Waals surface area contributed by atoms with E-state index in [9.17, 15) is 9.59 Å². The Morgan fingerprint density at radius 2 is 2.07 bits per heavy atom. The summed E-state index contributed by atoms with van der Waals surface area (Å²) >= 11 is 0. The molecule has 0 saturated heterocycles. The lowest BCUT2D eigenvalue weighted by molar-refractivity contribution is -0.162. The van der Waals surface area contributed by atoms with Gasteiger partial charge >= 0.3 is 11.9 Å². The van der Waals surface area contributed by atoms with Crippen LogP contribution in [0.4, 0.5) is 0 Å². The fourth-order valence-corrected chi connectivity index (χ4v) is 1.79. The molecule has 0 radical (unpaired) electrons. The first-order chi connectivity index (χ1) is 6.60. The molecule has 0 aromatic rings. The quantitative estimate of drug-likeness (QED) is 0.684. The maximum Gasteiger partial charge on any atom is 0.312 e. The molecule has 1 N–H and O–H groups in total. The fourth-order valence-electron chi connectivity index (χ4n) is 1.79. The van der Waals surface area contributed by atoms with Crippen LogP contribution in [0.5, 0.6) is 0 Å². The van der Waals surface area contributed by atoms with Crippen LogP contribution >= 0.6 is 0 Å². The van der Waals surface area contributed by atoms with E-state index in [-0.39, 0.29) is 12.4 Å². The minimum absolute atomic E-state index is 0.0544. The van der Waals surface area contributed by atoms with Crippen molar-refractivity contribution in [1.82, 2.24) is 0 Å². The largest absolute Gasteiger partial charge is 0.481 e. The molecule has 1 aliphatic carbocycles. The lowest BCUT2D eigenvalue weighted by atomic mass is 9.66. The highest BCUT2D eigenvalue weighted by atomic mass is 16.5. The molecule has 0 heterocycles. The summed E-state index contributed by atoms with van der Waals surface area (Å²) in [5.41, 5.74) is -0.478. The van der Waals surface area contributed by atoms with Crippen molar-refractivity contribution in [3.8, 4) is 0 Å². The highest BCUT2D eigenvalue weighted by molar-refractivity contribution is 5.78. The Labute approximate surface area is 83.2 Å². The van der Waals surface area contributed by atoms with Gasteiger partial charge in [-0.05, 0) is 26.2 Å². The van der Waals surface area contributed by atoms with Gasteiger partial charge in [0.05, 0.1) is 12.0 Å². The number of carbonyl (C=O) groups is 2. The Morgan fingerprint density at radius 1 is 1.43 bits per heavy atom. The lowest BCUT2D eigenvalue weighted by Gasteiger charge is -2.38. The molecule has 14 heavy (non-hydrogen) atoms. The SMILES string of the molecule is CCOC(=O)C1(CCC(=O)O)CCC1. The molecule has 1 rings (SSSR count). The van der Waals surface area contributed by atoms with Crippen molar-refractivity contribution in [2.75, 3.05) is 6.61 Å². The van der Waals surface area contributed by atoms with Gasteiger partial charge < -0.3 is 9.84 Å². The van der Waals surface area contributed by atoms with Crippen molar-refractivity contribution in [2.24, 2.45) is 5.41 Å².